The van der Waals surface area contributed by atoms with Gasteiger partial charge in [0.1, 0.15) is 11.3 Å². The zero-order valence-corrected chi connectivity index (χ0v) is 9.70. The number of hydrogen-bond acceptors (Lipinski definition) is 4. The van der Waals surface area contributed by atoms with Crippen molar-refractivity contribution in [3.8, 4) is 5.75 Å². The fourth-order valence-corrected chi connectivity index (χ4v) is 1.89. The molecule has 1 aromatic rings. The van der Waals surface area contributed by atoms with Gasteiger partial charge in [-0.1, -0.05) is 0 Å². The van der Waals surface area contributed by atoms with Crippen LogP contribution in [-0.2, 0) is 0 Å². The van der Waals surface area contributed by atoms with Gasteiger partial charge in [-0.15, -0.1) is 0 Å². The van der Waals surface area contributed by atoms with E-state index in [1.54, 1.807) is 0 Å². The summed E-state index contributed by atoms with van der Waals surface area (Å²) in [5, 5.41) is 10.7. The van der Waals surface area contributed by atoms with E-state index >= 15 is 0 Å². The van der Waals surface area contributed by atoms with Crippen LogP contribution in [0.4, 0.5) is 5.69 Å². The van der Waals surface area contributed by atoms with Gasteiger partial charge in [0.2, 0.25) is 0 Å². The molecule has 0 radical (unpaired) electrons. The first-order valence-electron chi connectivity index (χ1n) is 4.00. The maximum Gasteiger partial charge on any atom is 0.285 e. The lowest BCUT2D eigenvalue weighted by Gasteiger charge is -2.05. The molecule has 0 heterocycles. The Morgan fingerprint density at radius 1 is 1.53 bits per heavy atom. The van der Waals surface area contributed by atoms with Gasteiger partial charge in [0.25, 0.3) is 5.69 Å². The second kappa shape index (κ2) is 4.39. The molecule has 5 nitrogen and oxygen atoms in total. The van der Waals surface area contributed by atoms with Crippen molar-refractivity contribution in [3.05, 3.63) is 32.3 Å². The van der Waals surface area contributed by atoms with Gasteiger partial charge in [-0.3, -0.25) is 14.9 Å². The number of ketones is 1. The van der Waals surface area contributed by atoms with Gasteiger partial charge in [0, 0.05) is 4.47 Å². The van der Waals surface area contributed by atoms with E-state index in [0.717, 1.165) is 0 Å². The Morgan fingerprint density at radius 3 is 2.53 bits per heavy atom. The first-order valence-corrected chi connectivity index (χ1v) is 4.79. The number of methoxy groups -OCH3 is 1. The van der Waals surface area contributed by atoms with Gasteiger partial charge >= 0.3 is 0 Å². The average Bonchev–Trinajstić information content (AvgIpc) is 2.15. The number of Topliss-reactive ketones (excluding diaryl/α,β-unsaturated/α-hetero) is 1. The number of nitro groups is 1. The number of hydrogen-bond donors (Lipinski definition) is 0. The lowest BCUT2D eigenvalue weighted by atomic mass is 10.1. The molecule has 0 N–H and O–H groups in total. The molecule has 0 amide bonds. The fraction of sp³-hybridized carbons (Fsp3) is 0.222. The van der Waals surface area contributed by atoms with Gasteiger partial charge in [-0.05, 0) is 28.9 Å². The number of halogens is 1. The third-order valence-corrected chi connectivity index (χ3v) is 2.45. The minimum Gasteiger partial charge on any atom is -0.496 e. The summed E-state index contributed by atoms with van der Waals surface area (Å²) < 4.78 is 5.24. The predicted molar refractivity (Wildman–Crippen MR) is 57.4 cm³/mol. The Kier molecular flexibility index (Phi) is 3.41. The van der Waals surface area contributed by atoms with E-state index in [9.17, 15) is 14.9 Å². The van der Waals surface area contributed by atoms with Crippen molar-refractivity contribution in [1.82, 2.24) is 0 Å². The van der Waals surface area contributed by atoms with Crippen LogP contribution in [0, 0.1) is 10.1 Å². The number of nitrogens with zero attached hydrogens (tertiary/aromatic N) is 1. The number of ether oxygens (including phenoxy) is 1. The van der Waals surface area contributed by atoms with Crippen LogP contribution in [0.15, 0.2) is 16.6 Å². The zero-order valence-electron chi connectivity index (χ0n) is 8.11. The van der Waals surface area contributed by atoms with Gasteiger partial charge in [0.15, 0.2) is 5.78 Å². The Morgan fingerprint density at radius 2 is 2.13 bits per heavy atom. The highest BCUT2D eigenvalue weighted by Crippen LogP contribution is 2.32. The molecule has 1 aromatic carbocycles. The molecule has 0 spiro atoms. The summed E-state index contributed by atoms with van der Waals surface area (Å²) in [7, 11) is 1.40. The molecule has 0 fully saturated rings. The van der Waals surface area contributed by atoms with Gasteiger partial charge in [0.05, 0.1) is 18.1 Å². The molecule has 80 valence electrons. The van der Waals surface area contributed by atoms with Crippen LogP contribution >= 0.6 is 15.9 Å². The van der Waals surface area contributed by atoms with E-state index in [-0.39, 0.29) is 17.0 Å². The van der Waals surface area contributed by atoms with Gasteiger partial charge in [-0.2, -0.15) is 0 Å². The second-order valence-corrected chi connectivity index (χ2v) is 3.67. The van der Waals surface area contributed by atoms with E-state index in [1.165, 1.54) is 26.2 Å². The molecular formula is C9H8BrNO4. The van der Waals surface area contributed by atoms with Gasteiger partial charge < -0.3 is 4.74 Å². The smallest absolute Gasteiger partial charge is 0.285 e. The standard InChI is InChI=1S/C9H8BrNO4/c1-5(12)9-7(10)3-6(15-2)4-8(9)11(13)14/h3-4H,1-2H3. The highest BCUT2D eigenvalue weighted by molar-refractivity contribution is 9.10. The lowest BCUT2D eigenvalue weighted by molar-refractivity contribution is -0.385. The summed E-state index contributed by atoms with van der Waals surface area (Å²) in [6.07, 6.45) is 0. The third kappa shape index (κ3) is 2.33. The number of nitro benzene ring substituents is 1. The average molecular weight is 274 g/mol. The van der Waals surface area contributed by atoms with Crippen LogP contribution < -0.4 is 4.74 Å². The van der Waals surface area contributed by atoms with E-state index < -0.39 is 4.92 Å². The molecule has 15 heavy (non-hydrogen) atoms. The van der Waals surface area contributed by atoms with Crippen LogP contribution in [0.5, 0.6) is 5.75 Å². The molecule has 1 rings (SSSR count). The summed E-state index contributed by atoms with van der Waals surface area (Å²) in [4.78, 5) is 21.3. The van der Waals surface area contributed by atoms with Crippen LogP contribution in [0.25, 0.3) is 0 Å². The molecule has 0 aliphatic rings. The summed E-state index contributed by atoms with van der Waals surface area (Å²) in [6.45, 7) is 1.28. The summed E-state index contributed by atoms with van der Waals surface area (Å²) >= 11 is 3.10. The van der Waals surface area contributed by atoms with Crippen LogP contribution in [-0.4, -0.2) is 17.8 Å². The first-order chi connectivity index (χ1) is 6.97. The number of benzene rings is 1. The predicted octanol–water partition coefficient (Wildman–Crippen LogP) is 2.57. The Bertz CT molecular complexity index is 430. The number of carbonyl (C=O) groups excluding carboxylic acids is 1. The maximum absolute atomic E-state index is 11.2. The Balaban J connectivity index is 3.49. The molecule has 0 bridgehead atoms. The molecule has 0 atom stereocenters. The lowest BCUT2D eigenvalue weighted by Crippen LogP contribution is -2.02. The van der Waals surface area contributed by atoms with E-state index in [0.29, 0.717) is 10.2 Å². The van der Waals surface area contributed by atoms with Crippen LogP contribution in [0.1, 0.15) is 17.3 Å². The molecule has 0 aromatic heterocycles. The van der Waals surface area contributed by atoms with Crippen molar-refractivity contribution in [2.24, 2.45) is 0 Å². The zero-order chi connectivity index (χ0) is 11.6. The summed E-state index contributed by atoms with van der Waals surface area (Å²) in [5.41, 5.74) is -0.200. The molecule has 0 saturated carbocycles. The maximum atomic E-state index is 11.2. The largest absolute Gasteiger partial charge is 0.496 e. The van der Waals surface area contributed by atoms with Crippen molar-refractivity contribution in [3.63, 3.8) is 0 Å². The number of rotatable bonds is 3. The van der Waals surface area contributed by atoms with Crippen LogP contribution in [0.2, 0.25) is 0 Å². The van der Waals surface area contributed by atoms with E-state index in [4.69, 9.17) is 4.74 Å². The SMILES string of the molecule is COc1cc(Br)c(C(C)=O)c([N+](=O)[O-])c1. The molecule has 0 unspecified atom stereocenters. The molecule has 0 aliphatic carbocycles. The van der Waals surface area contributed by atoms with Gasteiger partial charge in [-0.25, -0.2) is 0 Å². The van der Waals surface area contributed by atoms with E-state index in [1.807, 2.05) is 0 Å². The highest BCUT2D eigenvalue weighted by atomic mass is 79.9. The Hall–Kier alpha value is -1.43. The van der Waals surface area contributed by atoms with Crippen LogP contribution in [0.3, 0.4) is 0 Å². The first kappa shape index (κ1) is 11.6. The Labute approximate surface area is 94.3 Å². The highest BCUT2D eigenvalue weighted by Gasteiger charge is 2.22. The van der Waals surface area contributed by atoms with Crippen molar-refractivity contribution < 1.29 is 14.5 Å². The molecule has 0 aliphatic heterocycles. The third-order valence-electron chi connectivity index (χ3n) is 1.83. The van der Waals surface area contributed by atoms with Crippen molar-refractivity contribution >= 4 is 27.4 Å². The van der Waals surface area contributed by atoms with E-state index in [2.05, 4.69) is 15.9 Å². The second-order valence-electron chi connectivity index (χ2n) is 2.82. The summed E-state index contributed by atoms with van der Waals surface area (Å²) in [6, 6.07) is 2.74. The van der Waals surface area contributed by atoms with Crippen molar-refractivity contribution in [2.45, 2.75) is 6.92 Å². The van der Waals surface area contributed by atoms with Crippen molar-refractivity contribution in [1.29, 1.82) is 0 Å². The van der Waals surface area contributed by atoms with Crippen molar-refractivity contribution in [2.75, 3.05) is 7.11 Å². The topological polar surface area (TPSA) is 69.4 Å². The monoisotopic (exact) mass is 273 g/mol. The number of carbonyl (C=O) groups is 1. The summed E-state index contributed by atoms with van der Waals surface area (Å²) in [5.74, 6) is -0.0326. The normalized spacial score (nSPS) is 9.80. The molecule has 6 heteroatoms. The minimum atomic E-state index is -0.607. The fourth-order valence-electron chi connectivity index (χ4n) is 1.18. The molecular weight excluding hydrogens is 266 g/mol. The minimum absolute atomic E-state index is 0.0563. The molecule has 0 saturated heterocycles. The quantitative estimate of drug-likeness (QED) is 0.482.